The Hall–Kier alpha value is -2.80. The van der Waals surface area contributed by atoms with E-state index in [0.717, 1.165) is 0 Å². The van der Waals surface area contributed by atoms with Gasteiger partial charge in [-0.1, -0.05) is 12.1 Å². The summed E-state index contributed by atoms with van der Waals surface area (Å²) in [5.41, 5.74) is 0.977. The quantitative estimate of drug-likeness (QED) is 0.734. The largest absolute Gasteiger partial charge is 0.467 e. The molecule has 3 aromatic rings. The number of oxazole rings is 1. The zero-order valence-electron chi connectivity index (χ0n) is 11.6. The van der Waals surface area contributed by atoms with Crippen LogP contribution in [0.25, 0.3) is 11.1 Å². The molecule has 0 fully saturated rings. The fraction of sp³-hybridized carbons (Fsp3) is 0.200. The van der Waals surface area contributed by atoms with Crippen LogP contribution in [0.5, 0.6) is 0 Å². The zero-order chi connectivity index (χ0) is 15.5. The highest BCUT2D eigenvalue weighted by atomic mass is 16.4. The van der Waals surface area contributed by atoms with Gasteiger partial charge in [0, 0.05) is 0 Å². The first kappa shape index (κ1) is 14.2. The number of aliphatic hydroxyl groups excluding tert-OH is 1. The molecule has 0 spiro atoms. The van der Waals surface area contributed by atoms with Gasteiger partial charge in [-0.05, 0) is 24.3 Å². The second kappa shape index (κ2) is 5.90. The highest BCUT2D eigenvalue weighted by Gasteiger charge is 2.15. The molecule has 0 saturated heterocycles. The number of aromatic nitrogens is 1. The number of nitrogens with zero attached hydrogens (tertiary/aromatic N) is 1. The van der Waals surface area contributed by atoms with E-state index in [1.807, 2.05) is 0 Å². The van der Waals surface area contributed by atoms with E-state index in [4.69, 9.17) is 8.83 Å². The fourth-order valence-electron chi connectivity index (χ4n) is 2.16. The first-order chi connectivity index (χ1) is 10.6. The summed E-state index contributed by atoms with van der Waals surface area (Å²) in [4.78, 5) is 23.7. The zero-order valence-corrected chi connectivity index (χ0v) is 11.6. The molecule has 0 bridgehead atoms. The van der Waals surface area contributed by atoms with E-state index in [1.165, 1.54) is 10.8 Å². The van der Waals surface area contributed by atoms with Crippen LogP contribution < -0.4 is 11.1 Å². The third kappa shape index (κ3) is 2.79. The van der Waals surface area contributed by atoms with Gasteiger partial charge >= 0.3 is 5.76 Å². The molecule has 7 heteroatoms. The predicted octanol–water partition coefficient (Wildman–Crippen LogP) is 1.04. The number of para-hydroxylation sites is 2. The van der Waals surface area contributed by atoms with Gasteiger partial charge in [0.05, 0.1) is 18.3 Å². The van der Waals surface area contributed by atoms with Crippen LogP contribution in [0.15, 0.2) is 56.3 Å². The fourth-order valence-corrected chi connectivity index (χ4v) is 2.16. The highest BCUT2D eigenvalue weighted by molar-refractivity contribution is 5.79. The number of hydrogen-bond donors (Lipinski definition) is 2. The normalized spacial score (nSPS) is 12.4. The number of aliphatic hydroxyl groups is 1. The van der Waals surface area contributed by atoms with Gasteiger partial charge in [0.2, 0.25) is 5.91 Å². The molecule has 114 valence electrons. The maximum Gasteiger partial charge on any atom is 0.420 e. The van der Waals surface area contributed by atoms with Crippen molar-refractivity contribution in [2.45, 2.75) is 12.6 Å². The Balaban J connectivity index is 1.66. The molecule has 0 aliphatic rings. The summed E-state index contributed by atoms with van der Waals surface area (Å²) in [5.74, 6) is -0.631. The first-order valence-electron chi connectivity index (χ1n) is 6.71. The molecule has 0 aliphatic heterocycles. The van der Waals surface area contributed by atoms with Crippen molar-refractivity contribution in [2.24, 2.45) is 0 Å². The van der Waals surface area contributed by atoms with Crippen LogP contribution in [0, 0.1) is 0 Å². The van der Waals surface area contributed by atoms with Crippen LogP contribution in [0.3, 0.4) is 0 Å². The van der Waals surface area contributed by atoms with Crippen molar-refractivity contribution in [1.29, 1.82) is 0 Å². The van der Waals surface area contributed by atoms with E-state index in [1.54, 1.807) is 36.4 Å². The second-order valence-electron chi connectivity index (χ2n) is 4.76. The molecule has 1 unspecified atom stereocenters. The van der Waals surface area contributed by atoms with Crippen molar-refractivity contribution in [1.82, 2.24) is 9.88 Å². The summed E-state index contributed by atoms with van der Waals surface area (Å²) in [6.45, 7) is -0.183. The number of rotatable bonds is 5. The minimum Gasteiger partial charge on any atom is -0.467 e. The average Bonchev–Trinajstić information content (AvgIpc) is 3.14. The van der Waals surface area contributed by atoms with E-state index in [-0.39, 0.29) is 13.1 Å². The van der Waals surface area contributed by atoms with Gasteiger partial charge in [-0.15, -0.1) is 0 Å². The number of nitrogens with one attached hydrogen (secondary N) is 1. The Morgan fingerprint density at radius 1 is 1.27 bits per heavy atom. The molecular weight excluding hydrogens is 288 g/mol. The summed E-state index contributed by atoms with van der Waals surface area (Å²) in [7, 11) is 0. The van der Waals surface area contributed by atoms with Crippen molar-refractivity contribution >= 4 is 17.0 Å². The lowest BCUT2D eigenvalue weighted by molar-refractivity contribution is -0.122. The third-order valence-electron chi connectivity index (χ3n) is 3.24. The lowest BCUT2D eigenvalue weighted by atomic mass is 10.2. The van der Waals surface area contributed by atoms with Gasteiger partial charge in [0.15, 0.2) is 5.58 Å². The van der Waals surface area contributed by atoms with Gasteiger partial charge < -0.3 is 19.3 Å². The van der Waals surface area contributed by atoms with Crippen LogP contribution >= 0.6 is 0 Å². The van der Waals surface area contributed by atoms with Crippen molar-refractivity contribution in [3.8, 4) is 0 Å². The summed E-state index contributed by atoms with van der Waals surface area (Å²) in [5, 5.41) is 12.4. The number of hydrogen-bond acceptors (Lipinski definition) is 5. The maximum absolute atomic E-state index is 11.9. The number of benzene rings is 1. The smallest absolute Gasteiger partial charge is 0.420 e. The van der Waals surface area contributed by atoms with Crippen LogP contribution in [-0.4, -0.2) is 22.1 Å². The molecule has 0 radical (unpaired) electrons. The van der Waals surface area contributed by atoms with Crippen LogP contribution in [0.2, 0.25) is 0 Å². The first-order valence-corrected chi connectivity index (χ1v) is 6.71. The van der Waals surface area contributed by atoms with Gasteiger partial charge in [0.1, 0.15) is 18.4 Å². The number of amides is 1. The maximum atomic E-state index is 11.9. The summed E-state index contributed by atoms with van der Waals surface area (Å²) in [6, 6.07) is 10.1. The molecule has 0 saturated carbocycles. The van der Waals surface area contributed by atoms with Crippen molar-refractivity contribution in [3.05, 3.63) is 59.0 Å². The Morgan fingerprint density at radius 2 is 2.09 bits per heavy atom. The Labute approximate surface area is 124 Å². The van der Waals surface area contributed by atoms with Crippen molar-refractivity contribution in [2.75, 3.05) is 6.54 Å². The molecule has 22 heavy (non-hydrogen) atoms. The van der Waals surface area contributed by atoms with E-state index in [2.05, 4.69) is 5.32 Å². The summed E-state index contributed by atoms with van der Waals surface area (Å²) < 4.78 is 11.3. The molecule has 7 nitrogen and oxygen atoms in total. The van der Waals surface area contributed by atoms with E-state index in [9.17, 15) is 14.7 Å². The Bertz CT molecular complexity index is 831. The lowest BCUT2D eigenvalue weighted by Gasteiger charge is -2.09. The summed E-state index contributed by atoms with van der Waals surface area (Å²) >= 11 is 0. The van der Waals surface area contributed by atoms with Crippen molar-refractivity contribution < 1.29 is 18.7 Å². The third-order valence-corrected chi connectivity index (χ3v) is 3.24. The molecule has 2 aromatic heterocycles. The van der Waals surface area contributed by atoms with E-state index >= 15 is 0 Å². The molecule has 1 atom stereocenters. The van der Waals surface area contributed by atoms with Gasteiger partial charge in [0.25, 0.3) is 0 Å². The Morgan fingerprint density at radius 3 is 2.86 bits per heavy atom. The molecule has 1 amide bonds. The van der Waals surface area contributed by atoms with E-state index < -0.39 is 17.8 Å². The van der Waals surface area contributed by atoms with Crippen LogP contribution in [0.1, 0.15) is 11.9 Å². The minimum absolute atomic E-state index is 0.00309. The summed E-state index contributed by atoms with van der Waals surface area (Å²) in [6.07, 6.45) is 0.508. The van der Waals surface area contributed by atoms with Gasteiger partial charge in [-0.3, -0.25) is 9.36 Å². The number of carbonyl (C=O) groups is 1. The number of carbonyl (C=O) groups excluding carboxylic acids is 1. The van der Waals surface area contributed by atoms with Gasteiger partial charge in [-0.25, -0.2) is 4.79 Å². The topological polar surface area (TPSA) is 97.6 Å². The van der Waals surface area contributed by atoms with Crippen LogP contribution in [0.4, 0.5) is 0 Å². The standard InChI is InChI=1S/C15H14N2O5/c18-11(13-6-3-7-21-13)8-16-14(19)9-17-10-4-1-2-5-12(10)22-15(17)20/h1-7,11,18H,8-9H2,(H,16,19). The molecule has 0 aliphatic carbocycles. The lowest BCUT2D eigenvalue weighted by Crippen LogP contribution is -2.33. The molecule has 1 aromatic carbocycles. The minimum atomic E-state index is -0.934. The molecule has 2 N–H and O–H groups in total. The predicted molar refractivity (Wildman–Crippen MR) is 77.2 cm³/mol. The second-order valence-corrected chi connectivity index (χ2v) is 4.76. The SMILES string of the molecule is O=C(Cn1c(=O)oc2ccccc21)NCC(O)c1ccco1. The highest BCUT2D eigenvalue weighted by Crippen LogP contribution is 2.12. The average molecular weight is 302 g/mol. The molecule has 3 rings (SSSR count). The van der Waals surface area contributed by atoms with E-state index in [0.29, 0.717) is 16.9 Å². The monoisotopic (exact) mass is 302 g/mol. The van der Waals surface area contributed by atoms with Crippen molar-refractivity contribution in [3.63, 3.8) is 0 Å². The molecule has 2 heterocycles. The molecular formula is C15H14N2O5. The number of fused-ring (bicyclic) bond motifs is 1. The number of furan rings is 1. The van der Waals surface area contributed by atoms with Gasteiger partial charge in [-0.2, -0.15) is 0 Å². The van der Waals surface area contributed by atoms with Crippen LogP contribution in [-0.2, 0) is 11.3 Å². The Kier molecular flexibility index (Phi) is 3.80.